The van der Waals surface area contributed by atoms with Gasteiger partial charge < -0.3 is 25.5 Å². The molecule has 0 bridgehead atoms. The Morgan fingerprint density at radius 2 is 1.94 bits per heavy atom. The summed E-state index contributed by atoms with van der Waals surface area (Å²) in [4.78, 5) is 20.9. The second-order valence-electron chi connectivity index (χ2n) is 8.37. The molecule has 31 heavy (non-hydrogen) atoms. The Labute approximate surface area is 182 Å². The fourth-order valence-corrected chi connectivity index (χ4v) is 4.12. The first-order valence-corrected chi connectivity index (χ1v) is 10.8. The maximum atomic E-state index is 12.8. The minimum atomic E-state index is -0.310. The first-order chi connectivity index (χ1) is 15.0. The van der Waals surface area contributed by atoms with E-state index in [-0.39, 0.29) is 24.2 Å². The number of urea groups is 1. The average Bonchev–Trinajstić information content (AvgIpc) is 3.18. The molecule has 3 aromatic rings. The number of H-pyrrole nitrogens is 1. The molecule has 1 heterocycles. The van der Waals surface area contributed by atoms with E-state index in [4.69, 9.17) is 9.72 Å². The molecule has 1 saturated carbocycles. The van der Waals surface area contributed by atoms with Crippen molar-refractivity contribution in [2.75, 3.05) is 7.11 Å². The van der Waals surface area contributed by atoms with Crippen LogP contribution in [-0.4, -0.2) is 40.4 Å². The molecule has 2 aromatic carbocycles. The molecule has 0 saturated heterocycles. The van der Waals surface area contributed by atoms with Gasteiger partial charge in [-0.25, -0.2) is 9.78 Å². The average molecular weight is 423 g/mol. The first kappa shape index (κ1) is 21.2. The van der Waals surface area contributed by atoms with Crippen molar-refractivity contribution in [3.8, 4) is 5.75 Å². The summed E-state index contributed by atoms with van der Waals surface area (Å²) in [5.41, 5.74) is 4.05. The lowest BCUT2D eigenvalue weighted by atomic mass is 9.93. The molecular weight excluding hydrogens is 392 g/mol. The molecule has 1 aliphatic carbocycles. The SMILES string of the molecule is COc1ccc(C[C@@H](NC(=O)N[C@H]2CC[C@H](O)CC2)c2nc3cc(C)ccc3[nH]2)cc1. The number of nitrogens with one attached hydrogen (secondary N) is 3. The van der Waals surface area contributed by atoms with E-state index < -0.39 is 0 Å². The summed E-state index contributed by atoms with van der Waals surface area (Å²) < 4.78 is 5.25. The zero-order chi connectivity index (χ0) is 21.8. The van der Waals surface area contributed by atoms with E-state index >= 15 is 0 Å². The van der Waals surface area contributed by atoms with Crippen molar-refractivity contribution in [3.05, 3.63) is 59.4 Å². The fraction of sp³-hybridized carbons (Fsp3) is 0.417. The second kappa shape index (κ2) is 9.39. The van der Waals surface area contributed by atoms with E-state index in [2.05, 4.69) is 15.6 Å². The highest BCUT2D eigenvalue weighted by molar-refractivity contribution is 5.77. The van der Waals surface area contributed by atoms with Crippen LogP contribution in [0.1, 0.15) is 48.7 Å². The third kappa shape index (κ3) is 5.35. The van der Waals surface area contributed by atoms with Crippen LogP contribution in [0.15, 0.2) is 42.5 Å². The second-order valence-corrected chi connectivity index (χ2v) is 8.37. The minimum Gasteiger partial charge on any atom is -0.497 e. The summed E-state index contributed by atoms with van der Waals surface area (Å²) in [5.74, 6) is 1.52. The Morgan fingerprint density at radius 3 is 2.65 bits per heavy atom. The molecule has 1 fully saturated rings. The van der Waals surface area contributed by atoms with E-state index in [0.717, 1.165) is 59.4 Å². The van der Waals surface area contributed by atoms with Crippen molar-refractivity contribution >= 4 is 17.1 Å². The Morgan fingerprint density at radius 1 is 1.19 bits per heavy atom. The molecule has 2 amide bonds. The Kier molecular flexibility index (Phi) is 6.42. The zero-order valence-corrected chi connectivity index (χ0v) is 18.0. The van der Waals surface area contributed by atoms with Crippen molar-refractivity contribution in [2.45, 2.75) is 57.2 Å². The lowest BCUT2D eigenvalue weighted by Gasteiger charge is -2.27. The molecule has 7 heteroatoms. The molecule has 164 valence electrons. The lowest BCUT2D eigenvalue weighted by Crippen LogP contribution is -2.45. The Balaban J connectivity index is 1.52. The summed E-state index contributed by atoms with van der Waals surface area (Å²) in [6.45, 7) is 2.04. The van der Waals surface area contributed by atoms with Crippen LogP contribution in [-0.2, 0) is 6.42 Å². The predicted octanol–water partition coefficient (Wildman–Crippen LogP) is 3.77. The van der Waals surface area contributed by atoms with Gasteiger partial charge >= 0.3 is 6.03 Å². The van der Waals surface area contributed by atoms with Gasteiger partial charge in [0, 0.05) is 6.04 Å². The van der Waals surface area contributed by atoms with Crippen molar-refractivity contribution in [3.63, 3.8) is 0 Å². The molecule has 4 N–H and O–H groups in total. The summed E-state index contributed by atoms with van der Waals surface area (Å²) in [5, 5.41) is 15.9. The van der Waals surface area contributed by atoms with Gasteiger partial charge in [0.05, 0.1) is 30.3 Å². The van der Waals surface area contributed by atoms with Crippen LogP contribution in [0.5, 0.6) is 5.75 Å². The quantitative estimate of drug-likeness (QED) is 0.486. The van der Waals surface area contributed by atoms with Crippen LogP contribution in [0, 0.1) is 6.92 Å². The van der Waals surface area contributed by atoms with Gasteiger partial charge in [-0.15, -0.1) is 0 Å². The zero-order valence-electron chi connectivity index (χ0n) is 18.0. The highest BCUT2D eigenvalue weighted by Gasteiger charge is 2.24. The number of ether oxygens (including phenoxy) is 1. The maximum Gasteiger partial charge on any atom is 0.315 e. The maximum absolute atomic E-state index is 12.8. The summed E-state index contributed by atoms with van der Waals surface area (Å²) in [6, 6.07) is 13.5. The highest BCUT2D eigenvalue weighted by atomic mass is 16.5. The molecule has 1 aliphatic rings. The fourth-order valence-electron chi connectivity index (χ4n) is 4.12. The third-order valence-electron chi connectivity index (χ3n) is 5.92. The van der Waals surface area contributed by atoms with E-state index in [1.807, 2.05) is 49.4 Å². The molecular formula is C24H30N4O3. The number of benzene rings is 2. The van der Waals surface area contributed by atoms with E-state index in [1.54, 1.807) is 7.11 Å². The minimum absolute atomic E-state index is 0.0864. The van der Waals surface area contributed by atoms with Gasteiger partial charge in [0.2, 0.25) is 0 Å². The molecule has 0 aliphatic heterocycles. The van der Waals surface area contributed by atoms with Gasteiger partial charge in [-0.2, -0.15) is 0 Å². The van der Waals surface area contributed by atoms with Crippen LogP contribution in [0.3, 0.4) is 0 Å². The molecule has 0 spiro atoms. The van der Waals surface area contributed by atoms with Gasteiger partial charge in [0.15, 0.2) is 0 Å². The number of nitrogens with zero attached hydrogens (tertiary/aromatic N) is 1. The Bertz CT molecular complexity index is 1020. The summed E-state index contributed by atoms with van der Waals surface area (Å²) in [6.07, 6.45) is 3.39. The topological polar surface area (TPSA) is 99.3 Å². The van der Waals surface area contributed by atoms with Crippen molar-refractivity contribution in [1.82, 2.24) is 20.6 Å². The largest absolute Gasteiger partial charge is 0.497 e. The van der Waals surface area contributed by atoms with Crippen LogP contribution in [0.25, 0.3) is 11.0 Å². The van der Waals surface area contributed by atoms with Gasteiger partial charge in [-0.1, -0.05) is 18.2 Å². The smallest absolute Gasteiger partial charge is 0.315 e. The number of rotatable bonds is 6. The molecule has 4 rings (SSSR count). The molecule has 1 atom stereocenters. The number of carbonyl (C=O) groups is 1. The summed E-state index contributed by atoms with van der Waals surface area (Å²) in [7, 11) is 1.64. The number of hydrogen-bond donors (Lipinski definition) is 4. The van der Waals surface area contributed by atoms with Crippen molar-refractivity contribution in [2.24, 2.45) is 0 Å². The van der Waals surface area contributed by atoms with E-state index in [9.17, 15) is 9.90 Å². The number of imidazole rings is 1. The number of carbonyl (C=O) groups excluding carboxylic acids is 1. The van der Waals surface area contributed by atoms with Crippen LogP contribution < -0.4 is 15.4 Å². The van der Waals surface area contributed by atoms with E-state index in [1.165, 1.54) is 0 Å². The summed E-state index contributed by atoms with van der Waals surface area (Å²) >= 11 is 0. The van der Waals surface area contributed by atoms with Gasteiger partial charge in [0.1, 0.15) is 11.6 Å². The number of aliphatic hydroxyl groups is 1. The van der Waals surface area contributed by atoms with Crippen LogP contribution in [0.4, 0.5) is 4.79 Å². The van der Waals surface area contributed by atoms with Crippen molar-refractivity contribution in [1.29, 1.82) is 0 Å². The first-order valence-electron chi connectivity index (χ1n) is 10.8. The third-order valence-corrected chi connectivity index (χ3v) is 5.92. The van der Waals surface area contributed by atoms with Gasteiger partial charge in [-0.05, 0) is 74.4 Å². The number of aromatic amines is 1. The highest BCUT2D eigenvalue weighted by Crippen LogP contribution is 2.23. The number of hydrogen-bond acceptors (Lipinski definition) is 4. The number of aliphatic hydroxyl groups excluding tert-OH is 1. The number of aromatic nitrogens is 2. The van der Waals surface area contributed by atoms with Gasteiger partial charge in [-0.3, -0.25) is 0 Å². The standard InChI is InChI=1S/C24H30N4O3/c1-15-3-12-20-21(13-15)27-23(26-20)22(14-16-4-10-19(31-2)11-5-16)28-24(30)25-17-6-8-18(29)9-7-17/h3-5,10-13,17-18,22,29H,6-9,14H2,1-2H3,(H,26,27)(H2,25,28,30)/t17-,18-,22-/m1/s1. The molecule has 1 aromatic heterocycles. The molecule has 7 nitrogen and oxygen atoms in total. The number of aryl methyl sites for hydroxylation is 1. The van der Waals surface area contributed by atoms with Crippen LogP contribution in [0.2, 0.25) is 0 Å². The number of methoxy groups -OCH3 is 1. The normalized spacial score (nSPS) is 19.7. The predicted molar refractivity (Wildman–Crippen MR) is 120 cm³/mol. The number of amides is 2. The molecule has 0 unspecified atom stereocenters. The van der Waals surface area contributed by atoms with Crippen molar-refractivity contribution < 1.29 is 14.6 Å². The lowest BCUT2D eigenvalue weighted by molar-refractivity contribution is 0.117. The Hall–Kier alpha value is -3.06. The monoisotopic (exact) mass is 422 g/mol. The van der Waals surface area contributed by atoms with Crippen LogP contribution >= 0.6 is 0 Å². The number of fused-ring (bicyclic) bond motifs is 1. The molecule has 0 radical (unpaired) electrons. The van der Waals surface area contributed by atoms with E-state index in [0.29, 0.717) is 6.42 Å². The van der Waals surface area contributed by atoms with Gasteiger partial charge in [0.25, 0.3) is 0 Å².